The molecule has 1 aromatic carbocycles. The lowest BCUT2D eigenvalue weighted by molar-refractivity contribution is 0.0995. The molecule has 3 nitrogen and oxygen atoms in total. The topological polar surface area (TPSA) is 58.9 Å². The molecule has 3 rings (SSSR count). The maximum absolute atomic E-state index is 12.1. The van der Waals surface area contributed by atoms with Gasteiger partial charge in [-0.05, 0) is 31.0 Å². The number of fused-ring (bicyclic) bond motifs is 1. The van der Waals surface area contributed by atoms with E-state index in [1.165, 1.54) is 0 Å². The van der Waals surface area contributed by atoms with E-state index < -0.39 is 0 Å². The van der Waals surface area contributed by atoms with Crippen LogP contribution in [0.4, 0.5) is 5.69 Å². The van der Waals surface area contributed by atoms with Gasteiger partial charge in [0.15, 0.2) is 5.78 Å². The monoisotopic (exact) mass is 252 g/mol. The van der Waals surface area contributed by atoms with Crippen molar-refractivity contribution in [2.24, 2.45) is 0 Å². The number of aryl methyl sites for hydroxylation is 1. The first kappa shape index (κ1) is 11.8. The lowest BCUT2D eigenvalue weighted by atomic mass is 9.99. The van der Waals surface area contributed by atoms with Crippen LogP contribution in [-0.2, 0) is 6.42 Å². The Hall–Kier alpha value is -2.29. The molecule has 0 atom stereocenters. The van der Waals surface area contributed by atoms with Crippen molar-refractivity contribution in [3.63, 3.8) is 0 Å². The van der Waals surface area contributed by atoms with Gasteiger partial charge in [0.25, 0.3) is 0 Å². The molecule has 0 fully saturated rings. The predicted molar refractivity (Wildman–Crippen MR) is 77.2 cm³/mol. The lowest BCUT2D eigenvalue weighted by Gasteiger charge is -2.04. The summed E-state index contributed by atoms with van der Waals surface area (Å²) in [6.07, 6.45) is 5.29. The van der Waals surface area contributed by atoms with E-state index in [0.29, 0.717) is 6.42 Å². The van der Waals surface area contributed by atoms with Crippen molar-refractivity contribution in [1.82, 2.24) is 4.98 Å². The highest BCUT2D eigenvalue weighted by Gasteiger charge is 2.21. The van der Waals surface area contributed by atoms with Gasteiger partial charge >= 0.3 is 0 Å². The number of nitrogens with one attached hydrogen (secondary N) is 1. The van der Waals surface area contributed by atoms with Crippen molar-refractivity contribution >= 4 is 11.5 Å². The first-order chi connectivity index (χ1) is 9.16. The number of aromatic nitrogens is 1. The van der Waals surface area contributed by atoms with Gasteiger partial charge in [-0.3, -0.25) is 4.79 Å². The fourth-order valence-corrected chi connectivity index (χ4v) is 2.69. The van der Waals surface area contributed by atoms with Crippen LogP contribution in [-0.4, -0.2) is 10.8 Å². The number of nitrogen functional groups attached to an aromatic ring is 1. The molecule has 0 saturated carbocycles. The number of aromatic amines is 1. The number of nitrogens with two attached hydrogens (primary N) is 1. The van der Waals surface area contributed by atoms with E-state index in [9.17, 15) is 4.79 Å². The second-order valence-electron chi connectivity index (χ2n) is 4.91. The Morgan fingerprint density at radius 1 is 1.21 bits per heavy atom. The highest BCUT2D eigenvalue weighted by molar-refractivity contribution is 6.01. The molecule has 0 spiro atoms. The summed E-state index contributed by atoms with van der Waals surface area (Å²) in [6, 6.07) is 7.75. The Balaban J connectivity index is 2.21. The van der Waals surface area contributed by atoms with Crippen LogP contribution in [0.3, 0.4) is 0 Å². The quantitative estimate of drug-likeness (QED) is 0.604. The molecule has 1 aliphatic carbocycles. The van der Waals surface area contributed by atoms with Crippen molar-refractivity contribution in [2.45, 2.75) is 19.8 Å². The van der Waals surface area contributed by atoms with Gasteiger partial charge in [-0.15, -0.1) is 0 Å². The molecule has 0 radical (unpaired) electrons. The number of carbonyl (C=O) groups excluding carboxylic acids is 1. The molecule has 2 aromatic rings. The molecule has 1 aromatic heterocycles. The van der Waals surface area contributed by atoms with Gasteiger partial charge in [-0.25, -0.2) is 0 Å². The standard InChI is InChI=1S/C16H16N2O/c1-10-15-13(7-2-3-8-14(15)19)16(18-10)11-5-4-6-12(17)9-11/h2-6,9,18H,7-8,17H2,1H3. The number of hydrogen-bond donors (Lipinski definition) is 2. The summed E-state index contributed by atoms with van der Waals surface area (Å²) in [5.41, 5.74) is 11.5. The zero-order chi connectivity index (χ0) is 13.4. The fraction of sp³-hybridized carbons (Fsp3) is 0.188. The average Bonchev–Trinajstić information content (AvgIpc) is 2.58. The van der Waals surface area contributed by atoms with E-state index >= 15 is 0 Å². The Bertz CT molecular complexity index is 680. The summed E-state index contributed by atoms with van der Waals surface area (Å²) in [5, 5.41) is 0. The third kappa shape index (κ3) is 1.97. The van der Waals surface area contributed by atoms with Crippen molar-refractivity contribution in [3.8, 4) is 11.3 Å². The first-order valence-corrected chi connectivity index (χ1v) is 6.42. The van der Waals surface area contributed by atoms with E-state index in [0.717, 1.165) is 40.2 Å². The van der Waals surface area contributed by atoms with Crippen LogP contribution in [0.25, 0.3) is 11.3 Å². The van der Waals surface area contributed by atoms with Gasteiger partial charge in [0.2, 0.25) is 0 Å². The van der Waals surface area contributed by atoms with Crippen molar-refractivity contribution < 1.29 is 4.79 Å². The van der Waals surface area contributed by atoms with Gasteiger partial charge in [0.05, 0.1) is 0 Å². The zero-order valence-electron chi connectivity index (χ0n) is 10.9. The van der Waals surface area contributed by atoms with E-state index in [2.05, 4.69) is 11.1 Å². The number of hydrogen-bond acceptors (Lipinski definition) is 2. The molecule has 0 saturated heterocycles. The number of Topliss-reactive ketones (excluding diaryl/α,β-unsaturated/α-hetero) is 1. The highest BCUT2D eigenvalue weighted by Crippen LogP contribution is 2.31. The summed E-state index contributed by atoms with van der Waals surface area (Å²) < 4.78 is 0. The molecule has 0 unspecified atom stereocenters. The second kappa shape index (κ2) is 4.43. The number of carbonyl (C=O) groups is 1. The first-order valence-electron chi connectivity index (χ1n) is 6.42. The Labute approximate surface area is 112 Å². The predicted octanol–water partition coefficient (Wildman–Crippen LogP) is 3.26. The van der Waals surface area contributed by atoms with Gasteiger partial charge in [-0.2, -0.15) is 0 Å². The van der Waals surface area contributed by atoms with Gasteiger partial charge in [-0.1, -0.05) is 24.3 Å². The number of H-pyrrole nitrogens is 1. The Morgan fingerprint density at radius 3 is 2.79 bits per heavy atom. The molecule has 1 heterocycles. The maximum Gasteiger partial charge on any atom is 0.168 e. The second-order valence-corrected chi connectivity index (χ2v) is 4.91. The van der Waals surface area contributed by atoms with Crippen LogP contribution in [0.5, 0.6) is 0 Å². The minimum absolute atomic E-state index is 0.188. The average molecular weight is 252 g/mol. The Kier molecular flexibility index (Phi) is 2.75. The highest BCUT2D eigenvalue weighted by atomic mass is 16.1. The van der Waals surface area contributed by atoms with Gasteiger partial charge < -0.3 is 10.7 Å². The largest absolute Gasteiger partial charge is 0.399 e. The number of anilines is 1. The SMILES string of the molecule is Cc1[nH]c(-c2cccc(N)c2)c2c1C(=O)CC=CC2. The van der Waals surface area contributed by atoms with E-state index in [-0.39, 0.29) is 5.78 Å². The third-order valence-corrected chi connectivity index (χ3v) is 3.54. The molecule has 3 N–H and O–H groups in total. The minimum Gasteiger partial charge on any atom is -0.399 e. The molecule has 1 aliphatic rings. The smallest absolute Gasteiger partial charge is 0.168 e. The van der Waals surface area contributed by atoms with Crippen LogP contribution in [0.1, 0.15) is 28.0 Å². The molecular formula is C16H16N2O. The molecule has 96 valence electrons. The molecular weight excluding hydrogens is 236 g/mol. The molecule has 0 aliphatic heterocycles. The minimum atomic E-state index is 0.188. The normalized spacial score (nSPS) is 14.3. The van der Waals surface area contributed by atoms with Crippen LogP contribution in [0.2, 0.25) is 0 Å². The Morgan fingerprint density at radius 2 is 2.00 bits per heavy atom. The van der Waals surface area contributed by atoms with Crippen molar-refractivity contribution in [3.05, 3.63) is 53.2 Å². The third-order valence-electron chi connectivity index (χ3n) is 3.54. The number of allylic oxidation sites excluding steroid dienone is 2. The van der Waals surface area contributed by atoms with Gasteiger partial charge in [0.1, 0.15) is 0 Å². The van der Waals surface area contributed by atoms with E-state index in [4.69, 9.17) is 5.73 Å². The summed E-state index contributed by atoms with van der Waals surface area (Å²) in [6.45, 7) is 1.96. The van der Waals surface area contributed by atoms with Crippen LogP contribution < -0.4 is 5.73 Å². The summed E-state index contributed by atoms with van der Waals surface area (Å²) in [7, 11) is 0. The maximum atomic E-state index is 12.1. The summed E-state index contributed by atoms with van der Waals surface area (Å²) in [4.78, 5) is 15.5. The van der Waals surface area contributed by atoms with Crippen molar-refractivity contribution in [2.75, 3.05) is 5.73 Å². The van der Waals surface area contributed by atoms with Gasteiger partial charge in [0, 0.05) is 34.6 Å². The summed E-state index contributed by atoms with van der Waals surface area (Å²) in [5.74, 6) is 0.188. The zero-order valence-corrected chi connectivity index (χ0v) is 10.9. The molecule has 0 amide bonds. The molecule has 3 heteroatoms. The van der Waals surface area contributed by atoms with E-state index in [1.807, 2.05) is 37.3 Å². The van der Waals surface area contributed by atoms with Crippen LogP contribution >= 0.6 is 0 Å². The van der Waals surface area contributed by atoms with E-state index in [1.54, 1.807) is 0 Å². The molecule has 19 heavy (non-hydrogen) atoms. The van der Waals surface area contributed by atoms with Crippen LogP contribution in [0, 0.1) is 6.92 Å². The van der Waals surface area contributed by atoms with Crippen molar-refractivity contribution in [1.29, 1.82) is 0 Å². The summed E-state index contributed by atoms with van der Waals surface area (Å²) >= 11 is 0. The number of ketones is 1. The molecule has 0 bridgehead atoms. The lowest BCUT2D eigenvalue weighted by Crippen LogP contribution is -1.99. The fourth-order valence-electron chi connectivity index (χ4n) is 2.69. The van der Waals surface area contributed by atoms with Crippen LogP contribution in [0.15, 0.2) is 36.4 Å². The number of benzene rings is 1. The number of rotatable bonds is 1.